The first kappa shape index (κ1) is 10.5. The average molecular weight is 220 g/mol. The maximum Gasteiger partial charge on any atom is 0.331 e. The molecule has 1 aromatic rings. The molecule has 0 aromatic heterocycles. The highest BCUT2D eigenvalue weighted by atomic mass is 16.5. The van der Waals surface area contributed by atoms with Crippen molar-refractivity contribution < 1.29 is 14.3 Å². The molecular formula is C11H12N2O3. The van der Waals surface area contributed by atoms with Crippen LogP contribution in [0.2, 0.25) is 0 Å². The number of hydrogen-bond donors (Lipinski definition) is 1. The molecule has 0 saturated carbocycles. The molecule has 0 fully saturated rings. The second kappa shape index (κ2) is 4.22. The minimum Gasteiger partial charge on any atom is -0.470 e. The van der Waals surface area contributed by atoms with Gasteiger partial charge < -0.3 is 4.74 Å². The number of carbonyl (C=O) groups excluding carboxylic acids is 2. The lowest BCUT2D eigenvalue weighted by Crippen LogP contribution is -2.42. The summed E-state index contributed by atoms with van der Waals surface area (Å²) in [5.41, 5.74) is 0.684. The van der Waals surface area contributed by atoms with Crippen molar-refractivity contribution in [3.05, 3.63) is 24.3 Å². The Hall–Kier alpha value is -2.04. The Morgan fingerprint density at radius 2 is 2.19 bits per heavy atom. The van der Waals surface area contributed by atoms with Crippen LogP contribution in [-0.2, 0) is 4.79 Å². The number of anilines is 1. The van der Waals surface area contributed by atoms with Gasteiger partial charge in [0.2, 0.25) is 5.91 Å². The molecule has 0 aliphatic carbocycles. The van der Waals surface area contributed by atoms with E-state index in [1.54, 1.807) is 19.1 Å². The average Bonchev–Trinajstić information content (AvgIpc) is 2.72. The highest BCUT2D eigenvalue weighted by Crippen LogP contribution is 2.32. The van der Waals surface area contributed by atoms with Crippen molar-refractivity contribution in [3.8, 4) is 5.75 Å². The van der Waals surface area contributed by atoms with Crippen LogP contribution in [0.15, 0.2) is 24.3 Å². The first-order chi connectivity index (χ1) is 7.72. The Bertz CT molecular complexity index is 431. The highest BCUT2D eigenvalue weighted by Gasteiger charge is 2.26. The molecule has 1 aromatic carbocycles. The van der Waals surface area contributed by atoms with Crippen LogP contribution in [0.3, 0.4) is 0 Å². The predicted octanol–water partition coefficient (Wildman–Crippen LogP) is 1.49. The molecule has 84 valence electrons. The van der Waals surface area contributed by atoms with Gasteiger partial charge >= 0.3 is 6.03 Å². The van der Waals surface area contributed by atoms with Crippen molar-refractivity contribution in [2.24, 2.45) is 0 Å². The van der Waals surface area contributed by atoms with Gasteiger partial charge in [-0.1, -0.05) is 19.1 Å². The Morgan fingerprint density at radius 3 is 2.94 bits per heavy atom. The number of nitrogens with zero attached hydrogens (tertiary/aromatic N) is 1. The first-order valence-corrected chi connectivity index (χ1v) is 5.05. The van der Waals surface area contributed by atoms with Gasteiger partial charge in [-0.2, -0.15) is 0 Å². The van der Waals surface area contributed by atoms with Gasteiger partial charge in [0.25, 0.3) is 0 Å². The van der Waals surface area contributed by atoms with Gasteiger partial charge in [-0.05, 0) is 12.1 Å². The summed E-state index contributed by atoms with van der Waals surface area (Å²) in [6.07, 6.45) is 0.280. The highest BCUT2D eigenvalue weighted by molar-refractivity contribution is 6.03. The maximum absolute atomic E-state index is 11.7. The van der Waals surface area contributed by atoms with Crippen LogP contribution in [0.5, 0.6) is 5.75 Å². The second-order valence-corrected chi connectivity index (χ2v) is 3.38. The maximum atomic E-state index is 11.7. The second-order valence-electron chi connectivity index (χ2n) is 3.38. The summed E-state index contributed by atoms with van der Waals surface area (Å²) in [5, 5.41) is 2.28. The van der Waals surface area contributed by atoms with Crippen molar-refractivity contribution in [1.29, 1.82) is 0 Å². The van der Waals surface area contributed by atoms with Crippen molar-refractivity contribution >= 4 is 17.6 Å². The van der Waals surface area contributed by atoms with E-state index in [1.807, 2.05) is 12.1 Å². The number of hydrogen-bond acceptors (Lipinski definition) is 3. The van der Waals surface area contributed by atoms with Gasteiger partial charge in [0.15, 0.2) is 6.73 Å². The van der Waals surface area contributed by atoms with E-state index in [2.05, 4.69) is 5.32 Å². The number of fused-ring (bicyclic) bond motifs is 1. The van der Waals surface area contributed by atoms with Gasteiger partial charge in [0, 0.05) is 6.42 Å². The third-order valence-electron chi connectivity index (χ3n) is 2.32. The van der Waals surface area contributed by atoms with Gasteiger partial charge in [0.05, 0.1) is 5.69 Å². The largest absolute Gasteiger partial charge is 0.470 e. The number of urea groups is 1. The molecule has 1 aliphatic heterocycles. The van der Waals surface area contributed by atoms with Crippen molar-refractivity contribution in [2.75, 3.05) is 11.6 Å². The van der Waals surface area contributed by atoms with Gasteiger partial charge in [-0.15, -0.1) is 0 Å². The van der Waals surface area contributed by atoms with Gasteiger partial charge in [-0.3, -0.25) is 15.0 Å². The van der Waals surface area contributed by atoms with Crippen LogP contribution in [-0.4, -0.2) is 18.7 Å². The lowest BCUT2D eigenvalue weighted by Gasteiger charge is -2.14. The van der Waals surface area contributed by atoms with Crippen LogP contribution in [0, 0.1) is 0 Å². The molecule has 1 N–H and O–H groups in total. The summed E-state index contributed by atoms with van der Waals surface area (Å²) in [6, 6.07) is 6.76. The molecule has 0 radical (unpaired) electrons. The van der Waals surface area contributed by atoms with Gasteiger partial charge in [0.1, 0.15) is 5.75 Å². The lowest BCUT2D eigenvalue weighted by atomic mass is 10.3. The topological polar surface area (TPSA) is 58.6 Å². The summed E-state index contributed by atoms with van der Waals surface area (Å²) in [7, 11) is 0. The molecule has 0 saturated heterocycles. The number of benzene rings is 1. The smallest absolute Gasteiger partial charge is 0.331 e. The normalized spacial score (nSPS) is 12.9. The summed E-state index contributed by atoms with van der Waals surface area (Å²) in [5.74, 6) is 0.357. The number of rotatable bonds is 1. The monoisotopic (exact) mass is 220 g/mol. The Kier molecular flexibility index (Phi) is 2.76. The molecule has 2 rings (SSSR count). The fourth-order valence-corrected chi connectivity index (χ4v) is 1.45. The van der Waals surface area contributed by atoms with E-state index >= 15 is 0 Å². The zero-order valence-corrected chi connectivity index (χ0v) is 8.90. The predicted molar refractivity (Wildman–Crippen MR) is 58.2 cm³/mol. The molecule has 0 spiro atoms. The van der Waals surface area contributed by atoms with E-state index in [9.17, 15) is 9.59 Å². The summed E-state index contributed by atoms with van der Waals surface area (Å²) < 4.78 is 5.30. The zero-order chi connectivity index (χ0) is 11.5. The first-order valence-electron chi connectivity index (χ1n) is 5.05. The van der Waals surface area contributed by atoms with E-state index in [4.69, 9.17) is 4.74 Å². The molecule has 0 unspecified atom stereocenters. The summed E-state index contributed by atoms with van der Waals surface area (Å²) in [6.45, 7) is 1.83. The van der Waals surface area contributed by atoms with Crippen molar-refractivity contribution in [1.82, 2.24) is 5.32 Å². The zero-order valence-electron chi connectivity index (χ0n) is 8.90. The number of amides is 3. The number of para-hydroxylation sites is 2. The number of imide groups is 1. The Labute approximate surface area is 93.0 Å². The Morgan fingerprint density at radius 1 is 1.44 bits per heavy atom. The van der Waals surface area contributed by atoms with E-state index in [-0.39, 0.29) is 19.1 Å². The fourth-order valence-electron chi connectivity index (χ4n) is 1.45. The summed E-state index contributed by atoms with van der Waals surface area (Å²) >= 11 is 0. The lowest BCUT2D eigenvalue weighted by molar-refractivity contribution is -0.119. The molecular weight excluding hydrogens is 208 g/mol. The number of nitrogens with one attached hydrogen (secondary N) is 1. The quantitative estimate of drug-likeness (QED) is 0.780. The van der Waals surface area contributed by atoms with Crippen LogP contribution in [0.1, 0.15) is 13.3 Å². The third-order valence-corrected chi connectivity index (χ3v) is 2.32. The molecule has 0 atom stereocenters. The fraction of sp³-hybridized carbons (Fsp3) is 0.273. The van der Waals surface area contributed by atoms with Crippen molar-refractivity contribution in [2.45, 2.75) is 13.3 Å². The SMILES string of the molecule is CCC(=O)NC(=O)N1COc2ccccc21. The molecule has 5 nitrogen and oxygen atoms in total. The number of carbonyl (C=O) groups is 2. The molecule has 1 heterocycles. The van der Waals surface area contributed by atoms with E-state index in [1.165, 1.54) is 4.90 Å². The van der Waals surface area contributed by atoms with E-state index < -0.39 is 6.03 Å². The van der Waals surface area contributed by atoms with Crippen LogP contribution >= 0.6 is 0 Å². The van der Waals surface area contributed by atoms with Gasteiger partial charge in [-0.25, -0.2) is 4.79 Å². The van der Waals surface area contributed by atoms with Crippen LogP contribution < -0.4 is 15.0 Å². The minimum absolute atomic E-state index is 0.141. The third kappa shape index (κ3) is 1.84. The van der Waals surface area contributed by atoms with E-state index in [0.717, 1.165) is 0 Å². The standard InChI is InChI=1S/C11H12N2O3/c1-2-10(14)12-11(15)13-7-16-9-6-4-3-5-8(9)13/h3-6H,2,7H2,1H3,(H,12,14,15). The minimum atomic E-state index is -0.447. The van der Waals surface area contributed by atoms with Crippen molar-refractivity contribution in [3.63, 3.8) is 0 Å². The van der Waals surface area contributed by atoms with E-state index in [0.29, 0.717) is 11.4 Å². The molecule has 5 heteroatoms. The molecule has 0 bridgehead atoms. The van der Waals surface area contributed by atoms with Crippen LogP contribution in [0.4, 0.5) is 10.5 Å². The number of ether oxygens (including phenoxy) is 1. The summed E-state index contributed by atoms with van der Waals surface area (Å²) in [4.78, 5) is 24.2. The molecule has 1 aliphatic rings. The Balaban J connectivity index is 2.13. The molecule has 3 amide bonds. The molecule has 16 heavy (non-hydrogen) atoms. The van der Waals surface area contributed by atoms with Crippen LogP contribution in [0.25, 0.3) is 0 Å².